The summed E-state index contributed by atoms with van der Waals surface area (Å²) in [6.45, 7) is 9.00. The summed E-state index contributed by atoms with van der Waals surface area (Å²) in [5.41, 5.74) is 0.905. The quantitative estimate of drug-likeness (QED) is 0.671. The van der Waals surface area contributed by atoms with Crippen molar-refractivity contribution in [1.82, 2.24) is 0 Å². The first-order chi connectivity index (χ1) is 8.89. The van der Waals surface area contributed by atoms with E-state index in [0.29, 0.717) is 0 Å². The molecule has 0 unspecified atom stereocenters. The number of carbonyl (C=O) groups excluding carboxylic acids is 1. The summed E-state index contributed by atoms with van der Waals surface area (Å²) in [6, 6.07) is 10.2. The Morgan fingerprint density at radius 3 is 2.26 bits per heavy atom. The Labute approximate surface area is 115 Å². The molecule has 1 N–H and O–H groups in total. The Balaban J connectivity index is 0.000000344. The first-order valence-corrected chi connectivity index (χ1v) is 6.39. The molecule has 0 amide bonds. The average molecular weight is 264 g/mol. The molecule has 1 rings (SSSR count). The molecular weight excluding hydrogens is 240 g/mol. The molecule has 0 aliphatic carbocycles. The maximum absolute atomic E-state index is 10.5. The maximum Gasteiger partial charge on any atom is 0.330 e. The Morgan fingerprint density at radius 1 is 1.32 bits per heavy atom. The van der Waals surface area contributed by atoms with Gasteiger partial charge >= 0.3 is 5.97 Å². The van der Waals surface area contributed by atoms with Gasteiger partial charge in [-0.1, -0.05) is 36.9 Å². The number of aliphatic hydroxyl groups excluding tert-OH is 1. The highest BCUT2D eigenvalue weighted by Gasteiger charge is 2.12. The van der Waals surface area contributed by atoms with E-state index in [1.807, 2.05) is 39.0 Å². The van der Waals surface area contributed by atoms with Crippen molar-refractivity contribution < 1.29 is 14.6 Å². The Hall–Kier alpha value is -1.61. The fraction of sp³-hybridized carbons (Fsp3) is 0.438. The minimum absolute atomic E-state index is 0.287. The van der Waals surface area contributed by atoms with Crippen LogP contribution in [0, 0.1) is 0 Å². The first kappa shape index (κ1) is 17.4. The maximum atomic E-state index is 10.5. The van der Waals surface area contributed by atoms with Crippen molar-refractivity contribution in [2.45, 2.75) is 39.2 Å². The Bertz CT molecular complexity index is 363. The molecule has 0 saturated heterocycles. The van der Waals surface area contributed by atoms with Crippen molar-refractivity contribution in [3.8, 4) is 0 Å². The molecular formula is C16H24O3. The molecule has 0 heterocycles. The zero-order valence-corrected chi connectivity index (χ0v) is 12.1. The molecule has 0 saturated carbocycles. The second-order valence-corrected chi connectivity index (χ2v) is 5.05. The van der Waals surface area contributed by atoms with Gasteiger partial charge in [0, 0.05) is 12.7 Å². The molecule has 19 heavy (non-hydrogen) atoms. The Kier molecular flexibility index (Phi) is 8.55. The lowest BCUT2D eigenvalue weighted by Crippen LogP contribution is -2.22. The van der Waals surface area contributed by atoms with Gasteiger partial charge < -0.3 is 9.84 Å². The summed E-state index contributed by atoms with van der Waals surface area (Å²) >= 11 is 0. The number of aliphatic hydroxyl groups is 1. The Morgan fingerprint density at radius 2 is 1.89 bits per heavy atom. The van der Waals surface area contributed by atoms with Gasteiger partial charge in [0.05, 0.1) is 0 Å². The molecule has 0 bridgehead atoms. The van der Waals surface area contributed by atoms with Crippen LogP contribution in [0.4, 0.5) is 0 Å². The van der Waals surface area contributed by atoms with Gasteiger partial charge in [-0.15, -0.1) is 0 Å². The predicted molar refractivity (Wildman–Crippen MR) is 77.9 cm³/mol. The van der Waals surface area contributed by atoms with Gasteiger partial charge in [-0.2, -0.15) is 0 Å². The van der Waals surface area contributed by atoms with Crippen LogP contribution >= 0.6 is 0 Å². The fourth-order valence-electron chi connectivity index (χ4n) is 1.27. The minimum atomic E-state index is -0.398. The lowest BCUT2D eigenvalue weighted by Gasteiger charge is -2.17. The number of benzene rings is 1. The second-order valence-electron chi connectivity index (χ2n) is 5.05. The van der Waals surface area contributed by atoms with Crippen molar-refractivity contribution in [1.29, 1.82) is 0 Å². The van der Waals surface area contributed by atoms with Gasteiger partial charge in [0.1, 0.15) is 5.60 Å². The zero-order valence-electron chi connectivity index (χ0n) is 12.1. The monoisotopic (exact) mass is 264 g/mol. The van der Waals surface area contributed by atoms with E-state index in [2.05, 4.69) is 18.7 Å². The fourth-order valence-corrected chi connectivity index (χ4v) is 1.27. The summed E-state index contributed by atoms with van der Waals surface area (Å²) < 4.78 is 4.83. The number of hydrogen-bond acceptors (Lipinski definition) is 3. The number of ether oxygens (including phenoxy) is 1. The van der Waals surface area contributed by atoms with Crippen LogP contribution in [0.25, 0.3) is 0 Å². The van der Waals surface area contributed by atoms with Crippen LogP contribution < -0.4 is 0 Å². The number of carbonyl (C=O) groups is 1. The van der Waals surface area contributed by atoms with Crippen LogP contribution in [0.5, 0.6) is 0 Å². The molecule has 0 atom stereocenters. The summed E-state index contributed by atoms with van der Waals surface area (Å²) in [7, 11) is 0. The SMILES string of the molecule is C=CC(=O)OC(C)(C)C.OCCCc1ccccc1. The molecule has 1 aromatic rings. The van der Waals surface area contributed by atoms with E-state index in [-0.39, 0.29) is 12.6 Å². The van der Waals surface area contributed by atoms with E-state index in [9.17, 15) is 4.79 Å². The summed E-state index contributed by atoms with van der Waals surface area (Å²) in [5, 5.41) is 8.53. The van der Waals surface area contributed by atoms with Gasteiger partial charge in [-0.3, -0.25) is 0 Å². The zero-order chi connectivity index (χ0) is 14.7. The van der Waals surface area contributed by atoms with E-state index in [1.54, 1.807) is 0 Å². The van der Waals surface area contributed by atoms with Gasteiger partial charge in [-0.25, -0.2) is 4.79 Å². The molecule has 0 aliphatic heterocycles. The average Bonchev–Trinajstić information content (AvgIpc) is 2.36. The minimum Gasteiger partial charge on any atom is -0.457 e. The summed E-state index contributed by atoms with van der Waals surface area (Å²) in [6.07, 6.45) is 3.01. The molecule has 0 fully saturated rings. The second kappa shape index (κ2) is 9.34. The van der Waals surface area contributed by atoms with Crippen LogP contribution in [-0.4, -0.2) is 23.3 Å². The summed E-state index contributed by atoms with van der Waals surface area (Å²) in [4.78, 5) is 10.5. The van der Waals surface area contributed by atoms with Crippen LogP contribution in [0.1, 0.15) is 32.8 Å². The molecule has 106 valence electrons. The van der Waals surface area contributed by atoms with Crippen molar-refractivity contribution in [2.24, 2.45) is 0 Å². The first-order valence-electron chi connectivity index (χ1n) is 6.39. The highest BCUT2D eigenvalue weighted by molar-refractivity contribution is 5.81. The third-order valence-electron chi connectivity index (χ3n) is 2.04. The lowest BCUT2D eigenvalue weighted by atomic mass is 10.1. The molecule has 0 aliphatic rings. The standard InChI is InChI=1S/C9H12O.C7H12O2/c10-8-4-7-9-5-2-1-3-6-9;1-5-6(8)9-7(2,3)4/h1-3,5-6,10H,4,7-8H2;5H,1H2,2-4H3. The van der Waals surface area contributed by atoms with Gasteiger partial charge in [-0.05, 0) is 39.2 Å². The van der Waals surface area contributed by atoms with Crippen molar-refractivity contribution >= 4 is 5.97 Å². The van der Waals surface area contributed by atoms with E-state index in [1.165, 1.54) is 5.56 Å². The number of rotatable bonds is 4. The smallest absolute Gasteiger partial charge is 0.330 e. The molecule has 3 nitrogen and oxygen atoms in total. The highest BCUT2D eigenvalue weighted by Crippen LogP contribution is 2.06. The third-order valence-corrected chi connectivity index (χ3v) is 2.04. The predicted octanol–water partition coefficient (Wildman–Crippen LogP) is 3.13. The van der Waals surface area contributed by atoms with Crippen LogP contribution in [0.3, 0.4) is 0 Å². The largest absolute Gasteiger partial charge is 0.457 e. The lowest BCUT2D eigenvalue weighted by molar-refractivity contribution is -0.148. The summed E-state index contributed by atoms with van der Waals surface area (Å²) in [5.74, 6) is -0.373. The number of aryl methyl sites for hydroxylation is 1. The van der Waals surface area contributed by atoms with E-state index in [4.69, 9.17) is 9.84 Å². The van der Waals surface area contributed by atoms with Crippen LogP contribution in [0.2, 0.25) is 0 Å². The number of hydrogen-bond donors (Lipinski definition) is 1. The van der Waals surface area contributed by atoms with E-state index < -0.39 is 5.60 Å². The van der Waals surface area contributed by atoms with Gasteiger partial charge in [0.25, 0.3) is 0 Å². The topological polar surface area (TPSA) is 46.5 Å². The van der Waals surface area contributed by atoms with Crippen molar-refractivity contribution in [2.75, 3.05) is 6.61 Å². The molecule has 0 radical (unpaired) electrons. The van der Waals surface area contributed by atoms with E-state index >= 15 is 0 Å². The van der Waals surface area contributed by atoms with Gasteiger partial charge in [0.15, 0.2) is 0 Å². The van der Waals surface area contributed by atoms with Crippen LogP contribution in [0.15, 0.2) is 43.0 Å². The number of esters is 1. The third kappa shape index (κ3) is 11.2. The van der Waals surface area contributed by atoms with Crippen molar-refractivity contribution in [3.63, 3.8) is 0 Å². The van der Waals surface area contributed by atoms with Gasteiger partial charge in [0.2, 0.25) is 0 Å². The normalized spacial score (nSPS) is 10.1. The molecule has 0 spiro atoms. The molecule has 1 aromatic carbocycles. The van der Waals surface area contributed by atoms with Crippen LogP contribution in [-0.2, 0) is 16.0 Å². The molecule has 3 heteroatoms. The molecule has 0 aromatic heterocycles. The van der Waals surface area contributed by atoms with E-state index in [0.717, 1.165) is 18.9 Å². The van der Waals surface area contributed by atoms with Crippen molar-refractivity contribution in [3.05, 3.63) is 48.6 Å². The highest BCUT2D eigenvalue weighted by atomic mass is 16.6.